The third kappa shape index (κ3) is 16.5. The summed E-state index contributed by atoms with van der Waals surface area (Å²) in [7, 11) is 0. The lowest BCUT2D eigenvalue weighted by Gasteiger charge is -1.92. The van der Waals surface area contributed by atoms with E-state index in [9.17, 15) is 9.59 Å². The molecule has 0 atom stereocenters. The Labute approximate surface area is 81.9 Å². The third-order valence-electron chi connectivity index (χ3n) is 0.740. The molecule has 0 aliphatic rings. The molecule has 0 saturated heterocycles. The predicted octanol–water partition coefficient (Wildman–Crippen LogP) is 0.886. The minimum atomic E-state index is -1.16. The molecular weight excluding hydrogens is 186 g/mol. The SMILES string of the molecule is C=CC#N.CCOC(=O)C=CC(=O)O. The van der Waals surface area contributed by atoms with Gasteiger partial charge in [-0.15, -0.1) is 0 Å². The van der Waals surface area contributed by atoms with Crippen LogP contribution in [0.25, 0.3) is 0 Å². The first-order valence-electron chi connectivity index (χ1n) is 3.66. The zero-order valence-electron chi connectivity index (χ0n) is 7.77. The second kappa shape index (κ2) is 10.9. The normalized spacial score (nSPS) is 8.00. The highest BCUT2D eigenvalue weighted by atomic mass is 16.5. The Morgan fingerprint density at radius 3 is 2.36 bits per heavy atom. The molecule has 1 N–H and O–H groups in total. The maximum absolute atomic E-state index is 10.4. The third-order valence-corrected chi connectivity index (χ3v) is 0.740. The van der Waals surface area contributed by atoms with Crippen LogP contribution in [0.4, 0.5) is 0 Å². The smallest absolute Gasteiger partial charge is 0.330 e. The average Bonchev–Trinajstić information content (AvgIpc) is 2.16. The largest absolute Gasteiger partial charge is 0.478 e. The van der Waals surface area contributed by atoms with Crippen LogP contribution in [0.2, 0.25) is 0 Å². The Hall–Kier alpha value is -2.09. The highest BCUT2D eigenvalue weighted by molar-refractivity contribution is 5.90. The molecule has 0 aliphatic heterocycles. The fourth-order valence-corrected chi connectivity index (χ4v) is 0.330. The van der Waals surface area contributed by atoms with Gasteiger partial charge in [0.1, 0.15) is 0 Å². The van der Waals surface area contributed by atoms with Crippen LogP contribution in [-0.4, -0.2) is 23.7 Å². The lowest BCUT2D eigenvalue weighted by Crippen LogP contribution is -2.00. The number of aliphatic carboxylic acids is 1. The molecule has 5 nitrogen and oxygen atoms in total. The molecule has 0 bridgehead atoms. The van der Waals surface area contributed by atoms with Gasteiger partial charge in [-0.3, -0.25) is 0 Å². The number of carbonyl (C=O) groups is 2. The summed E-state index contributed by atoms with van der Waals surface area (Å²) in [6.45, 7) is 5.02. The van der Waals surface area contributed by atoms with Crippen molar-refractivity contribution in [2.45, 2.75) is 6.92 Å². The van der Waals surface area contributed by atoms with Gasteiger partial charge in [-0.2, -0.15) is 5.26 Å². The molecule has 76 valence electrons. The highest BCUT2D eigenvalue weighted by Gasteiger charge is 1.94. The van der Waals surface area contributed by atoms with Gasteiger partial charge in [-0.05, 0) is 6.92 Å². The number of carbonyl (C=O) groups excluding carboxylic acids is 1. The van der Waals surface area contributed by atoms with Crippen molar-refractivity contribution in [3.8, 4) is 6.07 Å². The molecular formula is C9H11NO4. The lowest BCUT2D eigenvalue weighted by atomic mass is 10.5. The number of allylic oxidation sites excluding steroid dienone is 1. The summed E-state index contributed by atoms with van der Waals surface area (Å²) in [6.07, 6.45) is 2.78. The standard InChI is InChI=1S/C6H8O4.C3H3N/c1-2-10-6(9)4-3-5(7)8;1-2-3-4/h3-4H,2H2,1H3,(H,7,8);2H,1H2. The lowest BCUT2D eigenvalue weighted by molar-refractivity contribution is -0.138. The first-order valence-corrected chi connectivity index (χ1v) is 3.66. The molecule has 0 aromatic heterocycles. The molecule has 0 amide bonds. The monoisotopic (exact) mass is 197 g/mol. The summed E-state index contributed by atoms with van der Waals surface area (Å²) >= 11 is 0. The van der Waals surface area contributed by atoms with Crippen LogP contribution >= 0.6 is 0 Å². The average molecular weight is 197 g/mol. The Kier molecular flexibility index (Phi) is 11.2. The second-order valence-electron chi connectivity index (χ2n) is 1.76. The van der Waals surface area contributed by atoms with Crippen molar-refractivity contribution >= 4 is 11.9 Å². The number of nitriles is 1. The second-order valence-corrected chi connectivity index (χ2v) is 1.76. The van der Waals surface area contributed by atoms with Crippen molar-refractivity contribution in [3.05, 3.63) is 24.8 Å². The molecule has 0 aromatic carbocycles. The maximum atomic E-state index is 10.4. The molecule has 0 aromatic rings. The maximum Gasteiger partial charge on any atom is 0.330 e. The fraction of sp³-hybridized carbons (Fsp3) is 0.222. The van der Waals surface area contributed by atoms with Crippen molar-refractivity contribution in [2.75, 3.05) is 6.61 Å². The van der Waals surface area contributed by atoms with Gasteiger partial charge < -0.3 is 9.84 Å². The van der Waals surface area contributed by atoms with Gasteiger partial charge in [0.05, 0.1) is 12.7 Å². The van der Waals surface area contributed by atoms with Crippen LogP contribution in [0.15, 0.2) is 24.8 Å². The van der Waals surface area contributed by atoms with E-state index < -0.39 is 11.9 Å². The van der Waals surface area contributed by atoms with E-state index in [1.54, 1.807) is 13.0 Å². The van der Waals surface area contributed by atoms with E-state index >= 15 is 0 Å². The fourth-order valence-electron chi connectivity index (χ4n) is 0.330. The van der Waals surface area contributed by atoms with E-state index in [0.29, 0.717) is 0 Å². The van der Waals surface area contributed by atoms with Crippen LogP contribution < -0.4 is 0 Å². The Balaban J connectivity index is 0. The zero-order chi connectivity index (χ0) is 11.4. The number of esters is 1. The zero-order valence-corrected chi connectivity index (χ0v) is 7.77. The van der Waals surface area contributed by atoms with Crippen molar-refractivity contribution in [1.29, 1.82) is 5.26 Å². The highest BCUT2D eigenvalue weighted by Crippen LogP contribution is 1.80. The van der Waals surface area contributed by atoms with Gasteiger partial charge >= 0.3 is 11.9 Å². The predicted molar refractivity (Wildman–Crippen MR) is 49.2 cm³/mol. The van der Waals surface area contributed by atoms with Gasteiger partial charge in [-0.1, -0.05) is 6.58 Å². The van der Waals surface area contributed by atoms with E-state index in [4.69, 9.17) is 10.4 Å². The quantitative estimate of drug-likeness (QED) is 0.412. The number of hydrogen-bond acceptors (Lipinski definition) is 4. The van der Waals surface area contributed by atoms with Gasteiger partial charge in [0.25, 0.3) is 0 Å². The van der Waals surface area contributed by atoms with Crippen molar-refractivity contribution in [2.24, 2.45) is 0 Å². The summed E-state index contributed by atoms with van der Waals surface area (Å²) in [5.74, 6) is -1.79. The van der Waals surface area contributed by atoms with Gasteiger partial charge in [0.2, 0.25) is 0 Å². The molecule has 0 radical (unpaired) electrons. The molecule has 0 spiro atoms. The van der Waals surface area contributed by atoms with Gasteiger partial charge in [0.15, 0.2) is 0 Å². The molecule has 0 heterocycles. The van der Waals surface area contributed by atoms with Crippen LogP contribution in [0.1, 0.15) is 6.92 Å². The van der Waals surface area contributed by atoms with Crippen LogP contribution in [0.3, 0.4) is 0 Å². The topological polar surface area (TPSA) is 87.4 Å². The summed E-state index contributed by atoms with van der Waals surface area (Å²) < 4.78 is 4.40. The molecule has 0 aliphatic carbocycles. The number of carboxylic acids is 1. The Morgan fingerprint density at radius 1 is 1.57 bits per heavy atom. The summed E-state index contributed by atoms with van der Waals surface area (Å²) in [6, 6.07) is 1.69. The molecule has 5 heteroatoms. The van der Waals surface area contributed by atoms with E-state index in [1.807, 2.05) is 0 Å². The molecule has 0 unspecified atom stereocenters. The molecule has 14 heavy (non-hydrogen) atoms. The molecule has 0 fully saturated rings. The van der Waals surface area contributed by atoms with Crippen LogP contribution in [-0.2, 0) is 14.3 Å². The number of carboxylic acid groups (broad SMARTS) is 1. The number of ether oxygens (including phenoxy) is 1. The number of hydrogen-bond donors (Lipinski definition) is 1. The van der Waals surface area contributed by atoms with Crippen LogP contribution in [0, 0.1) is 11.3 Å². The summed E-state index contributed by atoms with van der Waals surface area (Å²) in [5, 5.41) is 15.5. The molecule has 0 rings (SSSR count). The van der Waals surface area contributed by atoms with Gasteiger partial charge in [-0.25, -0.2) is 9.59 Å². The van der Waals surface area contributed by atoms with Crippen molar-refractivity contribution in [1.82, 2.24) is 0 Å². The first kappa shape index (κ1) is 14.4. The van der Waals surface area contributed by atoms with E-state index in [0.717, 1.165) is 12.2 Å². The Bertz CT molecular complexity index is 262. The van der Waals surface area contributed by atoms with Gasteiger partial charge in [0, 0.05) is 18.2 Å². The minimum absolute atomic E-state index is 0.253. The first-order chi connectivity index (χ1) is 6.58. The number of rotatable bonds is 3. The van der Waals surface area contributed by atoms with Crippen molar-refractivity contribution in [3.63, 3.8) is 0 Å². The summed E-state index contributed by atoms with van der Waals surface area (Å²) in [5.41, 5.74) is 0. The van der Waals surface area contributed by atoms with E-state index in [-0.39, 0.29) is 6.61 Å². The Morgan fingerprint density at radius 2 is 2.07 bits per heavy atom. The molecule has 0 saturated carbocycles. The summed E-state index contributed by atoms with van der Waals surface area (Å²) in [4.78, 5) is 20.2. The minimum Gasteiger partial charge on any atom is -0.478 e. The van der Waals surface area contributed by atoms with Crippen LogP contribution in [0.5, 0.6) is 0 Å². The number of nitrogens with zero attached hydrogens (tertiary/aromatic N) is 1. The van der Waals surface area contributed by atoms with E-state index in [1.165, 1.54) is 6.08 Å². The van der Waals surface area contributed by atoms with E-state index in [2.05, 4.69) is 11.3 Å². The van der Waals surface area contributed by atoms with Crippen molar-refractivity contribution < 1.29 is 19.4 Å².